The molecular formula is C27H30N6O. The number of anilines is 2. The Morgan fingerprint density at radius 1 is 1.09 bits per heavy atom. The number of rotatable bonds is 3. The second-order valence-corrected chi connectivity index (χ2v) is 9.81. The number of aromatic nitrogens is 1. The lowest BCUT2D eigenvalue weighted by Gasteiger charge is -2.43. The van der Waals surface area contributed by atoms with Crippen molar-refractivity contribution < 1.29 is 4.74 Å². The standard InChI is InChI=1S/C27H30N6O/c1-17-12-32(24-8-5-18(11-28)27-22(24)4-3-9-30-27)15-25-21-7-6-20(10-19(21)13-33(17)25)31-14-23(29)26(16-31)34-2/h3-10,17,23,25-26H,12-16,29H2,1-2H3/t17-,23?,25-,26+/m1/s1. The van der Waals surface area contributed by atoms with Crippen LogP contribution in [0.3, 0.4) is 0 Å². The number of methoxy groups -OCH3 is 1. The molecule has 0 aliphatic carbocycles. The van der Waals surface area contributed by atoms with Gasteiger partial charge in [-0.15, -0.1) is 0 Å². The van der Waals surface area contributed by atoms with E-state index in [1.165, 1.54) is 16.8 Å². The van der Waals surface area contributed by atoms with Crippen LogP contribution in [0.15, 0.2) is 48.7 Å². The molecule has 1 unspecified atom stereocenters. The highest BCUT2D eigenvalue weighted by Gasteiger charge is 2.40. The first-order valence-electron chi connectivity index (χ1n) is 12.0. The monoisotopic (exact) mass is 454 g/mol. The second kappa shape index (κ2) is 8.24. The Hall–Kier alpha value is -3.18. The second-order valence-electron chi connectivity index (χ2n) is 9.81. The molecule has 34 heavy (non-hydrogen) atoms. The van der Waals surface area contributed by atoms with Crippen LogP contribution in [0.1, 0.15) is 29.7 Å². The number of benzene rings is 2. The molecule has 7 nitrogen and oxygen atoms in total. The summed E-state index contributed by atoms with van der Waals surface area (Å²) in [7, 11) is 1.75. The lowest BCUT2D eigenvalue weighted by molar-refractivity contribution is 0.108. The third-order valence-electron chi connectivity index (χ3n) is 7.87. The van der Waals surface area contributed by atoms with Gasteiger partial charge >= 0.3 is 0 Å². The molecule has 0 saturated carbocycles. The van der Waals surface area contributed by atoms with Gasteiger partial charge in [-0.2, -0.15) is 5.26 Å². The summed E-state index contributed by atoms with van der Waals surface area (Å²) in [5, 5.41) is 10.6. The van der Waals surface area contributed by atoms with Crippen molar-refractivity contribution in [2.45, 2.75) is 37.7 Å². The summed E-state index contributed by atoms with van der Waals surface area (Å²) in [6.07, 6.45) is 1.85. The number of pyridine rings is 1. The number of piperazine rings is 1. The van der Waals surface area contributed by atoms with E-state index in [1.54, 1.807) is 13.3 Å². The molecule has 7 heteroatoms. The van der Waals surface area contributed by atoms with Crippen molar-refractivity contribution in [3.05, 3.63) is 65.4 Å². The molecule has 2 fully saturated rings. The lowest BCUT2D eigenvalue weighted by Crippen LogP contribution is -2.51. The molecule has 0 radical (unpaired) electrons. The SMILES string of the molecule is CO[C@H]1CN(c2ccc3c(c2)CN2[C@H](C)CN(c4ccc(C#N)c5ncccc45)C[C@H]32)CC1N. The van der Waals surface area contributed by atoms with E-state index < -0.39 is 0 Å². The van der Waals surface area contributed by atoms with Gasteiger partial charge in [-0.1, -0.05) is 6.07 Å². The molecule has 3 aliphatic heterocycles. The van der Waals surface area contributed by atoms with Gasteiger partial charge in [-0.3, -0.25) is 9.88 Å². The van der Waals surface area contributed by atoms with Gasteiger partial charge in [-0.25, -0.2) is 0 Å². The first-order chi connectivity index (χ1) is 16.6. The fraction of sp³-hybridized carbons (Fsp3) is 0.407. The molecule has 3 aliphatic rings. The Kier molecular flexibility index (Phi) is 5.18. The van der Waals surface area contributed by atoms with Crippen molar-refractivity contribution in [3.63, 3.8) is 0 Å². The zero-order valence-electron chi connectivity index (χ0n) is 19.7. The molecular weight excluding hydrogens is 424 g/mol. The summed E-state index contributed by atoms with van der Waals surface area (Å²) in [6.45, 7) is 6.84. The van der Waals surface area contributed by atoms with E-state index in [0.29, 0.717) is 17.6 Å². The van der Waals surface area contributed by atoms with Gasteiger partial charge in [0.05, 0.1) is 29.3 Å². The van der Waals surface area contributed by atoms with Crippen LogP contribution in [-0.2, 0) is 11.3 Å². The normalized spacial score (nSPS) is 26.5. The molecule has 3 aromatic rings. The fourth-order valence-corrected chi connectivity index (χ4v) is 6.09. The van der Waals surface area contributed by atoms with Gasteiger partial charge < -0.3 is 20.3 Å². The molecule has 174 valence electrons. The number of nitriles is 1. The summed E-state index contributed by atoms with van der Waals surface area (Å²) in [6, 6.07) is 18.1. The molecule has 6 rings (SSSR count). The van der Waals surface area contributed by atoms with Gasteiger partial charge in [0.1, 0.15) is 6.07 Å². The number of fused-ring (bicyclic) bond motifs is 4. The van der Waals surface area contributed by atoms with Gasteiger partial charge in [0.2, 0.25) is 0 Å². The first-order valence-corrected chi connectivity index (χ1v) is 12.0. The summed E-state index contributed by atoms with van der Waals surface area (Å²) in [4.78, 5) is 12.0. The summed E-state index contributed by atoms with van der Waals surface area (Å²) >= 11 is 0. The predicted molar refractivity (Wildman–Crippen MR) is 134 cm³/mol. The van der Waals surface area contributed by atoms with E-state index in [4.69, 9.17) is 10.5 Å². The number of nitrogens with zero attached hydrogens (tertiary/aromatic N) is 5. The van der Waals surface area contributed by atoms with E-state index in [1.807, 2.05) is 12.1 Å². The van der Waals surface area contributed by atoms with Crippen LogP contribution >= 0.6 is 0 Å². The fourth-order valence-electron chi connectivity index (χ4n) is 6.09. The first kappa shape index (κ1) is 21.4. The Morgan fingerprint density at radius 2 is 1.97 bits per heavy atom. The number of ether oxygens (including phenoxy) is 1. The third-order valence-corrected chi connectivity index (χ3v) is 7.87. The van der Waals surface area contributed by atoms with Crippen molar-refractivity contribution in [1.82, 2.24) is 9.88 Å². The van der Waals surface area contributed by atoms with E-state index >= 15 is 0 Å². The molecule has 2 aromatic carbocycles. The van der Waals surface area contributed by atoms with Gasteiger partial charge in [0, 0.05) is 68.8 Å². The van der Waals surface area contributed by atoms with Crippen molar-refractivity contribution in [2.75, 3.05) is 43.1 Å². The minimum atomic E-state index is 0.0508. The number of nitrogens with two attached hydrogens (primary N) is 1. The number of hydrogen-bond donors (Lipinski definition) is 1. The predicted octanol–water partition coefficient (Wildman–Crippen LogP) is 3.03. The largest absolute Gasteiger partial charge is 0.378 e. The van der Waals surface area contributed by atoms with Crippen LogP contribution in [0.2, 0.25) is 0 Å². The maximum Gasteiger partial charge on any atom is 0.101 e. The quantitative estimate of drug-likeness (QED) is 0.651. The lowest BCUT2D eigenvalue weighted by atomic mass is 9.99. The van der Waals surface area contributed by atoms with Crippen LogP contribution < -0.4 is 15.5 Å². The van der Waals surface area contributed by atoms with Crippen LogP contribution in [0.25, 0.3) is 10.9 Å². The summed E-state index contributed by atoms with van der Waals surface area (Å²) in [5.74, 6) is 0. The zero-order valence-corrected chi connectivity index (χ0v) is 19.7. The third kappa shape index (κ3) is 3.33. The molecule has 4 heterocycles. The van der Waals surface area contributed by atoms with Crippen molar-refractivity contribution in [3.8, 4) is 6.07 Å². The van der Waals surface area contributed by atoms with Crippen molar-refractivity contribution in [1.29, 1.82) is 5.26 Å². The molecule has 0 bridgehead atoms. The average molecular weight is 455 g/mol. The topological polar surface area (TPSA) is 81.7 Å². The highest BCUT2D eigenvalue weighted by molar-refractivity contribution is 5.95. The Labute approximate surface area is 200 Å². The van der Waals surface area contributed by atoms with Crippen LogP contribution in [-0.4, -0.2) is 61.4 Å². The highest BCUT2D eigenvalue weighted by atomic mass is 16.5. The van der Waals surface area contributed by atoms with E-state index in [-0.39, 0.29) is 12.1 Å². The minimum Gasteiger partial charge on any atom is -0.378 e. The minimum absolute atomic E-state index is 0.0508. The van der Waals surface area contributed by atoms with Crippen molar-refractivity contribution >= 4 is 22.3 Å². The van der Waals surface area contributed by atoms with E-state index in [9.17, 15) is 5.26 Å². The maximum atomic E-state index is 9.53. The number of hydrogen-bond acceptors (Lipinski definition) is 7. The summed E-state index contributed by atoms with van der Waals surface area (Å²) < 4.78 is 5.56. The highest BCUT2D eigenvalue weighted by Crippen LogP contribution is 2.42. The van der Waals surface area contributed by atoms with Crippen molar-refractivity contribution in [2.24, 2.45) is 5.73 Å². The van der Waals surface area contributed by atoms with Crippen LogP contribution in [0, 0.1) is 11.3 Å². The van der Waals surface area contributed by atoms with E-state index in [2.05, 4.69) is 63.0 Å². The Morgan fingerprint density at radius 3 is 2.76 bits per heavy atom. The van der Waals surface area contributed by atoms with Gasteiger partial charge in [0.15, 0.2) is 0 Å². The Bertz CT molecular complexity index is 1290. The molecule has 2 saturated heterocycles. The zero-order chi connectivity index (χ0) is 23.4. The van der Waals surface area contributed by atoms with E-state index in [0.717, 1.165) is 49.3 Å². The molecule has 2 N–H and O–H groups in total. The molecule has 1 aromatic heterocycles. The van der Waals surface area contributed by atoms with Crippen LogP contribution in [0.5, 0.6) is 0 Å². The van der Waals surface area contributed by atoms with Crippen LogP contribution in [0.4, 0.5) is 11.4 Å². The Balaban J connectivity index is 1.31. The van der Waals surface area contributed by atoms with Gasteiger partial charge in [-0.05, 0) is 54.4 Å². The van der Waals surface area contributed by atoms with Gasteiger partial charge in [0.25, 0.3) is 0 Å². The maximum absolute atomic E-state index is 9.53. The summed E-state index contributed by atoms with van der Waals surface area (Å²) in [5.41, 5.74) is 12.9. The molecule has 4 atom stereocenters. The molecule has 0 spiro atoms. The average Bonchev–Trinajstić information content (AvgIpc) is 3.43. The smallest absolute Gasteiger partial charge is 0.101 e. The molecule has 0 amide bonds.